The lowest BCUT2D eigenvalue weighted by molar-refractivity contribution is -0.0584. The number of carbonyl (C=O) groups is 1. The number of aromatic nitrogens is 1. The predicted octanol–water partition coefficient (Wildman–Crippen LogP) is 2.04. The minimum absolute atomic E-state index is 0.0467. The van der Waals surface area contributed by atoms with Crippen molar-refractivity contribution in [3.05, 3.63) is 4.88 Å². The van der Waals surface area contributed by atoms with Crippen LogP contribution in [0.5, 0.6) is 0 Å². The van der Waals surface area contributed by atoms with Gasteiger partial charge >= 0.3 is 0 Å². The molecule has 21 heavy (non-hydrogen) atoms. The van der Waals surface area contributed by atoms with Crippen molar-refractivity contribution in [2.45, 2.75) is 39.9 Å². The van der Waals surface area contributed by atoms with E-state index < -0.39 is 0 Å². The van der Waals surface area contributed by atoms with E-state index in [1.807, 2.05) is 13.8 Å². The molecule has 3 N–H and O–H groups in total. The maximum Gasteiger partial charge on any atom is 0.268 e. The first kappa shape index (κ1) is 16.0. The highest BCUT2D eigenvalue weighted by molar-refractivity contribution is 7.18. The number of hydrogen-bond donors (Lipinski definition) is 2. The molecule has 0 aliphatic carbocycles. The van der Waals surface area contributed by atoms with Crippen molar-refractivity contribution in [2.75, 3.05) is 30.7 Å². The van der Waals surface area contributed by atoms with Gasteiger partial charge in [-0.05, 0) is 19.8 Å². The van der Waals surface area contributed by atoms with Gasteiger partial charge in [0.2, 0.25) is 0 Å². The van der Waals surface area contributed by atoms with E-state index in [4.69, 9.17) is 10.5 Å². The van der Waals surface area contributed by atoms with Gasteiger partial charge in [0.1, 0.15) is 10.7 Å². The molecule has 1 aliphatic rings. The van der Waals surface area contributed by atoms with Gasteiger partial charge in [-0.3, -0.25) is 4.79 Å². The van der Waals surface area contributed by atoms with E-state index in [0.29, 0.717) is 34.8 Å². The minimum atomic E-state index is -0.0513. The van der Waals surface area contributed by atoms with E-state index in [1.54, 1.807) is 4.90 Å². The molecule has 1 aliphatic heterocycles. The van der Waals surface area contributed by atoms with Crippen molar-refractivity contribution in [1.82, 2.24) is 9.88 Å². The van der Waals surface area contributed by atoms with Gasteiger partial charge in [-0.1, -0.05) is 25.2 Å². The number of nitrogens with one attached hydrogen (secondary N) is 1. The van der Waals surface area contributed by atoms with E-state index in [-0.39, 0.29) is 18.1 Å². The van der Waals surface area contributed by atoms with Crippen LogP contribution in [0.3, 0.4) is 0 Å². The van der Waals surface area contributed by atoms with Gasteiger partial charge in [0.05, 0.1) is 12.2 Å². The van der Waals surface area contributed by atoms with Gasteiger partial charge in [-0.2, -0.15) is 0 Å². The summed E-state index contributed by atoms with van der Waals surface area (Å²) in [6.45, 7) is 10.2. The zero-order valence-corrected chi connectivity index (χ0v) is 13.9. The van der Waals surface area contributed by atoms with Crippen LogP contribution in [0, 0.1) is 5.92 Å². The number of nitrogens with zero attached hydrogens (tertiary/aromatic N) is 2. The van der Waals surface area contributed by atoms with Crippen molar-refractivity contribution < 1.29 is 9.53 Å². The lowest BCUT2D eigenvalue weighted by Gasteiger charge is -2.35. The molecule has 0 spiro atoms. The number of carbonyl (C=O) groups excluding carboxylic acids is 1. The highest BCUT2D eigenvalue weighted by atomic mass is 32.1. The zero-order chi connectivity index (χ0) is 15.6. The lowest BCUT2D eigenvalue weighted by Crippen LogP contribution is -2.48. The number of nitrogens with two attached hydrogens (primary N) is 1. The first-order valence-electron chi connectivity index (χ1n) is 7.31. The molecule has 7 heteroatoms. The Hall–Kier alpha value is -1.34. The van der Waals surface area contributed by atoms with Gasteiger partial charge in [-0.15, -0.1) is 0 Å². The summed E-state index contributed by atoms with van der Waals surface area (Å²) in [6, 6.07) is 0. The maximum atomic E-state index is 12.6. The number of morpholine rings is 1. The standard InChI is InChI=1S/C14H24N4O2S/c1-8(2)5-16-14-17-12(15)11(21-14)13(19)18-6-9(3)20-10(4)7-18/h8-10H,5-7,15H2,1-4H3,(H,16,17). The Balaban J connectivity index is 2.08. The van der Waals surface area contributed by atoms with Crippen LogP contribution in [-0.2, 0) is 4.74 Å². The second-order valence-corrected chi connectivity index (χ2v) is 6.97. The quantitative estimate of drug-likeness (QED) is 0.889. The summed E-state index contributed by atoms with van der Waals surface area (Å²) in [4.78, 5) is 19.2. The van der Waals surface area contributed by atoms with Crippen LogP contribution in [0.2, 0.25) is 0 Å². The number of anilines is 2. The average molecular weight is 312 g/mol. The summed E-state index contributed by atoms with van der Waals surface area (Å²) in [6.07, 6.45) is 0.0933. The molecule has 0 saturated carbocycles. The SMILES string of the molecule is CC(C)CNc1nc(N)c(C(=O)N2CC(C)OC(C)C2)s1. The Morgan fingerprint density at radius 2 is 2.10 bits per heavy atom. The van der Waals surface area contributed by atoms with Gasteiger partial charge in [-0.25, -0.2) is 4.98 Å². The summed E-state index contributed by atoms with van der Waals surface area (Å²) in [5.74, 6) is 0.767. The van der Waals surface area contributed by atoms with Crippen LogP contribution in [-0.4, -0.2) is 47.6 Å². The Labute approximate surface area is 129 Å². The number of amides is 1. The maximum absolute atomic E-state index is 12.6. The number of hydrogen-bond acceptors (Lipinski definition) is 6. The molecule has 1 fully saturated rings. The molecule has 2 unspecified atom stereocenters. The third kappa shape index (κ3) is 4.07. The molecule has 2 heterocycles. The fourth-order valence-corrected chi connectivity index (χ4v) is 3.20. The van der Waals surface area contributed by atoms with Gasteiger partial charge in [0.25, 0.3) is 5.91 Å². The highest BCUT2D eigenvalue weighted by Gasteiger charge is 2.29. The van der Waals surface area contributed by atoms with Gasteiger partial charge in [0.15, 0.2) is 5.13 Å². The molecule has 1 amide bonds. The topological polar surface area (TPSA) is 80.5 Å². The fraction of sp³-hybridized carbons (Fsp3) is 0.714. The largest absolute Gasteiger partial charge is 0.382 e. The first-order chi connectivity index (χ1) is 9.86. The highest BCUT2D eigenvalue weighted by Crippen LogP contribution is 2.27. The molecule has 6 nitrogen and oxygen atoms in total. The third-order valence-corrected chi connectivity index (χ3v) is 4.23. The molecule has 2 rings (SSSR count). The van der Waals surface area contributed by atoms with E-state index in [1.165, 1.54) is 11.3 Å². The number of thiazole rings is 1. The van der Waals surface area contributed by atoms with Crippen molar-refractivity contribution in [1.29, 1.82) is 0 Å². The van der Waals surface area contributed by atoms with Crippen LogP contribution in [0.25, 0.3) is 0 Å². The fourth-order valence-electron chi connectivity index (χ4n) is 2.34. The minimum Gasteiger partial charge on any atom is -0.382 e. The molecule has 1 aromatic rings. The van der Waals surface area contributed by atoms with Crippen LogP contribution < -0.4 is 11.1 Å². The van der Waals surface area contributed by atoms with E-state index in [2.05, 4.69) is 24.1 Å². The lowest BCUT2D eigenvalue weighted by atomic mass is 10.2. The summed E-state index contributed by atoms with van der Waals surface area (Å²) in [5, 5.41) is 3.92. The van der Waals surface area contributed by atoms with Gasteiger partial charge in [0, 0.05) is 19.6 Å². The van der Waals surface area contributed by atoms with Crippen LogP contribution in [0.1, 0.15) is 37.4 Å². The number of nitrogen functional groups attached to an aromatic ring is 1. The second-order valence-electron chi connectivity index (χ2n) is 5.98. The Morgan fingerprint density at radius 1 is 1.48 bits per heavy atom. The normalized spacial score (nSPS) is 22.6. The molecule has 0 bridgehead atoms. The molecule has 0 radical (unpaired) electrons. The van der Waals surface area contributed by atoms with E-state index in [0.717, 1.165) is 6.54 Å². The molecule has 1 saturated heterocycles. The second kappa shape index (κ2) is 6.62. The average Bonchev–Trinajstić information content (AvgIpc) is 2.75. The smallest absolute Gasteiger partial charge is 0.268 e. The zero-order valence-electron chi connectivity index (χ0n) is 13.0. The van der Waals surface area contributed by atoms with Crippen LogP contribution in [0.15, 0.2) is 0 Å². The monoisotopic (exact) mass is 312 g/mol. The van der Waals surface area contributed by atoms with E-state index in [9.17, 15) is 4.79 Å². The van der Waals surface area contributed by atoms with Crippen molar-refractivity contribution in [2.24, 2.45) is 5.92 Å². The van der Waals surface area contributed by atoms with Crippen LogP contribution >= 0.6 is 11.3 Å². The third-order valence-electron chi connectivity index (χ3n) is 3.22. The summed E-state index contributed by atoms with van der Waals surface area (Å²) >= 11 is 1.33. The first-order valence-corrected chi connectivity index (χ1v) is 8.13. The summed E-state index contributed by atoms with van der Waals surface area (Å²) in [5.41, 5.74) is 5.91. The molecule has 118 valence electrons. The number of ether oxygens (including phenoxy) is 1. The predicted molar refractivity (Wildman–Crippen MR) is 85.8 cm³/mol. The Morgan fingerprint density at radius 3 is 2.67 bits per heavy atom. The van der Waals surface area contributed by atoms with Crippen LogP contribution in [0.4, 0.5) is 10.9 Å². The summed E-state index contributed by atoms with van der Waals surface area (Å²) in [7, 11) is 0. The Kier molecular flexibility index (Phi) is 5.05. The molecular formula is C14H24N4O2S. The molecule has 0 aromatic carbocycles. The van der Waals surface area contributed by atoms with Crippen molar-refractivity contribution in [3.8, 4) is 0 Å². The summed E-state index contributed by atoms with van der Waals surface area (Å²) < 4.78 is 5.65. The Bertz CT molecular complexity index is 493. The van der Waals surface area contributed by atoms with E-state index >= 15 is 0 Å². The molecule has 2 atom stereocenters. The van der Waals surface area contributed by atoms with Gasteiger partial charge < -0.3 is 20.7 Å². The molecular weight excluding hydrogens is 288 g/mol. The molecule has 1 aromatic heterocycles. The van der Waals surface area contributed by atoms with Crippen molar-refractivity contribution >= 4 is 28.2 Å². The van der Waals surface area contributed by atoms with Crippen molar-refractivity contribution in [3.63, 3.8) is 0 Å². The number of rotatable bonds is 4.